The van der Waals surface area contributed by atoms with E-state index in [1.54, 1.807) is 0 Å². The van der Waals surface area contributed by atoms with Crippen LogP contribution < -0.4 is 5.32 Å². The molecular weight excluding hydrogens is 382 g/mol. The normalized spacial score (nSPS) is 10.7. The fraction of sp³-hybridized carbons (Fsp3) is 0.211. The van der Waals surface area contributed by atoms with Crippen LogP contribution in [0.1, 0.15) is 22.6 Å². The molecule has 3 aromatic rings. The number of benzene rings is 2. The second kappa shape index (κ2) is 7.61. The first kappa shape index (κ1) is 17.4. The van der Waals surface area contributed by atoms with E-state index < -0.39 is 0 Å². The van der Waals surface area contributed by atoms with Crippen LogP contribution in [-0.4, -0.2) is 16.0 Å². The monoisotopic (exact) mass is 399 g/mol. The van der Waals surface area contributed by atoms with Crippen molar-refractivity contribution < 1.29 is 9.32 Å². The van der Waals surface area contributed by atoms with Crippen LogP contribution in [0.3, 0.4) is 0 Å². The highest BCUT2D eigenvalue weighted by Gasteiger charge is 2.11. The van der Waals surface area contributed by atoms with Crippen molar-refractivity contribution in [2.75, 3.05) is 0 Å². The average Bonchev–Trinajstić information content (AvgIpc) is 3.05. The predicted molar refractivity (Wildman–Crippen MR) is 98.9 cm³/mol. The van der Waals surface area contributed by atoms with Crippen LogP contribution >= 0.6 is 15.9 Å². The molecule has 0 aliphatic heterocycles. The molecule has 5 nitrogen and oxygen atoms in total. The number of aromatic nitrogens is 2. The Balaban J connectivity index is 1.59. The molecule has 0 atom stereocenters. The largest absolute Gasteiger partial charge is 0.347 e. The molecule has 128 valence electrons. The van der Waals surface area contributed by atoms with E-state index in [0.717, 1.165) is 21.2 Å². The number of carbonyl (C=O) groups is 1. The van der Waals surface area contributed by atoms with Crippen LogP contribution in [-0.2, 0) is 17.8 Å². The molecule has 0 unspecified atom stereocenters. The van der Waals surface area contributed by atoms with Crippen LogP contribution in [0.15, 0.2) is 51.5 Å². The zero-order valence-electron chi connectivity index (χ0n) is 14.0. The van der Waals surface area contributed by atoms with Gasteiger partial charge in [-0.1, -0.05) is 57.0 Å². The molecule has 1 N–H and O–H groups in total. The molecule has 2 aromatic carbocycles. The van der Waals surface area contributed by atoms with Gasteiger partial charge in [0.15, 0.2) is 0 Å². The van der Waals surface area contributed by atoms with Crippen LogP contribution in [0.4, 0.5) is 0 Å². The summed E-state index contributed by atoms with van der Waals surface area (Å²) >= 11 is 3.41. The van der Waals surface area contributed by atoms with Crippen LogP contribution in [0.25, 0.3) is 11.4 Å². The topological polar surface area (TPSA) is 68.0 Å². The Morgan fingerprint density at radius 3 is 2.80 bits per heavy atom. The molecular formula is C19H18BrN3O2. The van der Waals surface area contributed by atoms with Crippen molar-refractivity contribution in [1.29, 1.82) is 0 Å². The summed E-state index contributed by atoms with van der Waals surface area (Å²) in [6, 6.07) is 13.7. The fourth-order valence-corrected chi connectivity index (χ4v) is 2.92. The molecule has 0 saturated heterocycles. The van der Waals surface area contributed by atoms with E-state index in [1.807, 2.05) is 50.2 Å². The lowest BCUT2D eigenvalue weighted by molar-refractivity contribution is -0.120. The van der Waals surface area contributed by atoms with Gasteiger partial charge in [-0.2, -0.15) is 4.98 Å². The van der Waals surface area contributed by atoms with Crippen LogP contribution in [0, 0.1) is 13.8 Å². The Kier molecular flexibility index (Phi) is 5.28. The van der Waals surface area contributed by atoms with Gasteiger partial charge < -0.3 is 9.84 Å². The van der Waals surface area contributed by atoms with E-state index in [2.05, 4.69) is 37.5 Å². The Hall–Kier alpha value is -2.47. The van der Waals surface area contributed by atoms with Crippen LogP contribution in [0.2, 0.25) is 0 Å². The molecule has 0 aliphatic rings. The van der Waals surface area contributed by atoms with Crippen molar-refractivity contribution in [3.05, 3.63) is 69.5 Å². The Labute approximate surface area is 154 Å². The molecule has 25 heavy (non-hydrogen) atoms. The summed E-state index contributed by atoms with van der Waals surface area (Å²) in [6.45, 7) is 4.26. The van der Waals surface area contributed by atoms with Gasteiger partial charge in [0.1, 0.15) is 0 Å². The highest BCUT2D eigenvalue weighted by molar-refractivity contribution is 9.10. The summed E-state index contributed by atoms with van der Waals surface area (Å²) < 4.78 is 6.15. The highest BCUT2D eigenvalue weighted by atomic mass is 79.9. The predicted octanol–water partition coefficient (Wildman–Crippen LogP) is 3.97. The van der Waals surface area contributed by atoms with E-state index in [4.69, 9.17) is 4.52 Å². The van der Waals surface area contributed by atoms with Gasteiger partial charge in [-0.3, -0.25) is 4.79 Å². The minimum absolute atomic E-state index is 0.0749. The summed E-state index contributed by atoms with van der Waals surface area (Å²) in [6.07, 6.45) is 0.332. The summed E-state index contributed by atoms with van der Waals surface area (Å²) in [4.78, 5) is 16.5. The number of aryl methyl sites for hydroxylation is 2. The standard InChI is InChI=1S/C19H18BrN3O2/c1-12-6-7-14(13(2)8-12)10-17(24)21-11-18-22-19(23-25-18)15-4-3-5-16(20)9-15/h3-9H,10-11H2,1-2H3,(H,21,24). The number of nitrogens with one attached hydrogen (secondary N) is 1. The third-order valence-corrected chi connectivity index (χ3v) is 4.33. The van der Waals surface area contributed by atoms with Gasteiger partial charge in [0, 0.05) is 10.0 Å². The van der Waals surface area contributed by atoms with Crippen LogP contribution in [0.5, 0.6) is 0 Å². The molecule has 1 heterocycles. The van der Waals surface area contributed by atoms with E-state index in [-0.39, 0.29) is 12.5 Å². The minimum atomic E-state index is -0.0749. The zero-order chi connectivity index (χ0) is 17.8. The van der Waals surface area contributed by atoms with Crippen molar-refractivity contribution in [1.82, 2.24) is 15.5 Å². The van der Waals surface area contributed by atoms with E-state index in [9.17, 15) is 4.79 Å². The van der Waals surface area contributed by atoms with Gasteiger partial charge in [0.05, 0.1) is 13.0 Å². The Morgan fingerprint density at radius 1 is 1.20 bits per heavy atom. The number of hydrogen-bond acceptors (Lipinski definition) is 4. The van der Waals surface area contributed by atoms with E-state index in [1.165, 1.54) is 5.56 Å². The number of halogens is 1. The number of rotatable bonds is 5. The van der Waals surface area contributed by atoms with Crippen molar-refractivity contribution in [2.45, 2.75) is 26.8 Å². The highest BCUT2D eigenvalue weighted by Crippen LogP contribution is 2.20. The maximum absolute atomic E-state index is 12.1. The van der Waals surface area contributed by atoms with Crippen molar-refractivity contribution >= 4 is 21.8 Å². The second-order valence-corrected chi connectivity index (χ2v) is 6.82. The van der Waals surface area contributed by atoms with E-state index in [0.29, 0.717) is 18.1 Å². The van der Waals surface area contributed by atoms with Gasteiger partial charge in [-0.25, -0.2) is 0 Å². The molecule has 6 heteroatoms. The Morgan fingerprint density at radius 2 is 2.04 bits per heavy atom. The van der Waals surface area contributed by atoms with Crippen molar-refractivity contribution in [3.8, 4) is 11.4 Å². The van der Waals surface area contributed by atoms with Gasteiger partial charge in [0.25, 0.3) is 0 Å². The summed E-state index contributed by atoms with van der Waals surface area (Å²) in [5.41, 5.74) is 4.17. The molecule has 0 spiro atoms. The molecule has 0 saturated carbocycles. The first-order valence-corrected chi connectivity index (χ1v) is 8.72. The maximum atomic E-state index is 12.1. The van der Waals surface area contributed by atoms with Crippen molar-refractivity contribution in [3.63, 3.8) is 0 Å². The van der Waals surface area contributed by atoms with E-state index >= 15 is 0 Å². The molecule has 3 rings (SSSR count). The van der Waals surface area contributed by atoms with Gasteiger partial charge >= 0.3 is 0 Å². The number of amides is 1. The average molecular weight is 400 g/mol. The van der Waals surface area contributed by atoms with Gasteiger partial charge in [-0.05, 0) is 37.1 Å². The number of carbonyl (C=O) groups excluding carboxylic acids is 1. The third kappa shape index (κ3) is 4.54. The first-order valence-electron chi connectivity index (χ1n) is 7.92. The minimum Gasteiger partial charge on any atom is -0.347 e. The summed E-state index contributed by atoms with van der Waals surface area (Å²) in [5.74, 6) is 0.804. The molecule has 0 aliphatic carbocycles. The molecule has 0 bridgehead atoms. The lowest BCUT2D eigenvalue weighted by Gasteiger charge is -2.06. The number of hydrogen-bond donors (Lipinski definition) is 1. The maximum Gasteiger partial charge on any atom is 0.246 e. The lowest BCUT2D eigenvalue weighted by atomic mass is 10.0. The second-order valence-electron chi connectivity index (χ2n) is 5.91. The SMILES string of the molecule is Cc1ccc(CC(=O)NCc2nc(-c3cccc(Br)c3)no2)c(C)c1. The Bertz CT molecular complexity index is 905. The molecule has 0 fully saturated rings. The molecule has 0 radical (unpaired) electrons. The quantitative estimate of drug-likeness (QED) is 0.704. The van der Waals surface area contributed by atoms with Gasteiger partial charge in [0.2, 0.25) is 17.6 Å². The number of nitrogens with zero attached hydrogens (tertiary/aromatic N) is 2. The lowest BCUT2D eigenvalue weighted by Crippen LogP contribution is -2.25. The van der Waals surface area contributed by atoms with Gasteiger partial charge in [-0.15, -0.1) is 0 Å². The molecule has 1 aromatic heterocycles. The van der Waals surface area contributed by atoms with Crippen molar-refractivity contribution in [2.24, 2.45) is 0 Å². The fourth-order valence-electron chi connectivity index (χ4n) is 2.53. The molecule has 1 amide bonds. The summed E-state index contributed by atoms with van der Waals surface area (Å²) in [7, 11) is 0. The summed E-state index contributed by atoms with van der Waals surface area (Å²) in [5, 5.41) is 6.78. The zero-order valence-corrected chi connectivity index (χ0v) is 15.6. The third-order valence-electron chi connectivity index (χ3n) is 3.84. The first-order chi connectivity index (χ1) is 12.0. The smallest absolute Gasteiger partial charge is 0.246 e.